The minimum absolute atomic E-state index is 0.0436. The highest BCUT2D eigenvalue weighted by molar-refractivity contribution is 9.09. The zero-order valence-corrected chi connectivity index (χ0v) is 13.7. The molecule has 1 fully saturated rings. The summed E-state index contributed by atoms with van der Waals surface area (Å²) in [6.07, 6.45) is 5.81. The number of nitrogens with one attached hydrogen (secondary N) is 1. The van der Waals surface area contributed by atoms with Gasteiger partial charge in [-0.05, 0) is 35.7 Å². The molecule has 0 atom stereocenters. The van der Waals surface area contributed by atoms with Crippen molar-refractivity contribution in [1.29, 1.82) is 0 Å². The van der Waals surface area contributed by atoms with Gasteiger partial charge in [-0.25, -0.2) is 0 Å². The fourth-order valence-corrected chi connectivity index (χ4v) is 3.87. The first-order chi connectivity index (χ1) is 10.2. The average Bonchev–Trinajstić information content (AvgIpc) is 2.55. The van der Waals surface area contributed by atoms with Crippen LogP contribution >= 0.6 is 15.9 Å². The third kappa shape index (κ3) is 3.13. The molecule has 2 aromatic carbocycles. The molecule has 0 radical (unpaired) electrons. The average molecular weight is 346 g/mol. The standard InChI is InChI=1S/C18H20BrNO/c19-13-18(10-4-1-5-11-18)20-17(21)16-9-8-14-6-2-3-7-15(14)12-16/h2-3,6-9,12H,1,4-5,10-11,13H2,(H,20,21). The van der Waals surface area contributed by atoms with Gasteiger partial charge in [-0.15, -0.1) is 0 Å². The quantitative estimate of drug-likeness (QED) is 0.804. The Hall–Kier alpha value is -1.35. The minimum Gasteiger partial charge on any atom is -0.346 e. The van der Waals surface area contributed by atoms with Gasteiger partial charge < -0.3 is 5.32 Å². The molecule has 0 unspecified atom stereocenters. The second-order valence-corrected chi connectivity index (χ2v) is 6.55. The molecule has 21 heavy (non-hydrogen) atoms. The fraction of sp³-hybridized carbons (Fsp3) is 0.389. The number of benzene rings is 2. The summed E-state index contributed by atoms with van der Waals surface area (Å²) in [5, 5.41) is 6.39. The molecule has 1 amide bonds. The van der Waals surface area contributed by atoms with Crippen LogP contribution in [0.4, 0.5) is 0 Å². The van der Waals surface area contributed by atoms with Crippen LogP contribution in [0.15, 0.2) is 42.5 Å². The van der Waals surface area contributed by atoms with Crippen LogP contribution in [-0.2, 0) is 0 Å². The van der Waals surface area contributed by atoms with Gasteiger partial charge in [-0.1, -0.05) is 65.5 Å². The number of amides is 1. The predicted octanol–water partition coefficient (Wildman–Crippen LogP) is 4.67. The summed E-state index contributed by atoms with van der Waals surface area (Å²) in [6.45, 7) is 0. The maximum Gasteiger partial charge on any atom is 0.251 e. The highest BCUT2D eigenvalue weighted by Gasteiger charge is 2.32. The van der Waals surface area contributed by atoms with Crippen LogP contribution in [0, 0.1) is 0 Å². The van der Waals surface area contributed by atoms with Gasteiger partial charge in [0.15, 0.2) is 0 Å². The molecule has 3 heteroatoms. The van der Waals surface area contributed by atoms with Crippen LogP contribution in [0.3, 0.4) is 0 Å². The van der Waals surface area contributed by atoms with Crippen LogP contribution in [0.25, 0.3) is 10.8 Å². The second kappa shape index (κ2) is 6.18. The third-order valence-corrected chi connectivity index (χ3v) is 5.53. The SMILES string of the molecule is O=C(NC1(CBr)CCCCC1)c1ccc2ccccc2c1. The Bertz CT molecular complexity index is 646. The molecule has 1 aliphatic carbocycles. The van der Waals surface area contributed by atoms with E-state index in [1.807, 2.05) is 36.4 Å². The van der Waals surface area contributed by atoms with Crippen LogP contribution in [0.2, 0.25) is 0 Å². The molecule has 0 saturated heterocycles. The van der Waals surface area contributed by atoms with Crippen LogP contribution in [0.1, 0.15) is 42.5 Å². The van der Waals surface area contributed by atoms with E-state index in [1.165, 1.54) is 24.6 Å². The van der Waals surface area contributed by atoms with Crippen LogP contribution < -0.4 is 5.32 Å². The zero-order valence-electron chi connectivity index (χ0n) is 12.1. The van der Waals surface area contributed by atoms with E-state index in [0.717, 1.165) is 29.1 Å². The summed E-state index contributed by atoms with van der Waals surface area (Å²) >= 11 is 3.59. The molecular weight excluding hydrogens is 326 g/mol. The summed E-state index contributed by atoms with van der Waals surface area (Å²) in [7, 11) is 0. The fourth-order valence-electron chi connectivity index (χ4n) is 3.16. The first kappa shape index (κ1) is 14.6. The van der Waals surface area contributed by atoms with Crippen molar-refractivity contribution in [2.75, 3.05) is 5.33 Å². The molecule has 0 aliphatic heterocycles. The lowest BCUT2D eigenvalue weighted by Gasteiger charge is -2.36. The minimum atomic E-state index is -0.0685. The van der Waals surface area contributed by atoms with Crippen molar-refractivity contribution in [1.82, 2.24) is 5.32 Å². The summed E-state index contributed by atoms with van der Waals surface area (Å²) in [5.41, 5.74) is 0.681. The molecule has 2 nitrogen and oxygen atoms in total. The first-order valence-corrected chi connectivity index (χ1v) is 8.72. The Morgan fingerprint density at radius 3 is 2.48 bits per heavy atom. The van der Waals surface area contributed by atoms with E-state index in [4.69, 9.17) is 0 Å². The molecule has 1 saturated carbocycles. The number of hydrogen-bond donors (Lipinski definition) is 1. The maximum atomic E-state index is 12.6. The number of halogens is 1. The smallest absolute Gasteiger partial charge is 0.251 e. The van der Waals surface area contributed by atoms with Crippen molar-refractivity contribution in [3.05, 3.63) is 48.0 Å². The van der Waals surface area contributed by atoms with Gasteiger partial charge >= 0.3 is 0 Å². The number of hydrogen-bond acceptors (Lipinski definition) is 1. The molecule has 3 rings (SSSR count). The van der Waals surface area contributed by atoms with E-state index in [1.54, 1.807) is 0 Å². The monoisotopic (exact) mass is 345 g/mol. The lowest BCUT2D eigenvalue weighted by atomic mass is 9.83. The summed E-state index contributed by atoms with van der Waals surface area (Å²) in [6, 6.07) is 14.1. The molecule has 0 heterocycles. The molecular formula is C18H20BrNO. The zero-order chi connectivity index (χ0) is 14.7. The Balaban J connectivity index is 1.82. The van der Waals surface area contributed by atoms with E-state index in [0.29, 0.717) is 0 Å². The topological polar surface area (TPSA) is 29.1 Å². The van der Waals surface area contributed by atoms with Crippen molar-refractivity contribution >= 4 is 32.6 Å². The number of rotatable bonds is 3. The Labute approximate surface area is 134 Å². The Kier molecular flexibility index (Phi) is 4.29. The van der Waals surface area contributed by atoms with Crippen molar-refractivity contribution < 1.29 is 4.79 Å². The maximum absolute atomic E-state index is 12.6. The molecule has 2 aromatic rings. The molecule has 0 bridgehead atoms. The van der Waals surface area contributed by atoms with E-state index in [2.05, 4.69) is 27.3 Å². The van der Waals surface area contributed by atoms with E-state index >= 15 is 0 Å². The lowest BCUT2D eigenvalue weighted by Crippen LogP contribution is -2.51. The van der Waals surface area contributed by atoms with Crippen LogP contribution in [0.5, 0.6) is 0 Å². The highest BCUT2D eigenvalue weighted by Crippen LogP contribution is 2.30. The summed E-state index contributed by atoms with van der Waals surface area (Å²) in [5.74, 6) is 0.0436. The van der Waals surface area contributed by atoms with Gasteiger partial charge in [-0.3, -0.25) is 4.79 Å². The van der Waals surface area contributed by atoms with Gasteiger partial charge in [0.25, 0.3) is 5.91 Å². The molecule has 0 aromatic heterocycles. The number of alkyl halides is 1. The van der Waals surface area contributed by atoms with E-state index in [-0.39, 0.29) is 11.4 Å². The van der Waals surface area contributed by atoms with Crippen molar-refractivity contribution in [3.8, 4) is 0 Å². The van der Waals surface area contributed by atoms with Crippen LogP contribution in [-0.4, -0.2) is 16.8 Å². The number of carbonyl (C=O) groups is 1. The largest absolute Gasteiger partial charge is 0.346 e. The number of fused-ring (bicyclic) bond motifs is 1. The summed E-state index contributed by atoms with van der Waals surface area (Å²) < 4.78 is 0. The van der Waals surface area contributed by atoms with Crippen molar-refractivity contribution in [2.24, 2.45) is 0 Å². The van der Waals surface area contributed by atoms with Crippen molar-refractivity contribution in [3.63, 3.8) is 0 Å². The van der Waals surface area contributed by atoms with Gasteiger partial charge in [0.2, 0.25) is 0 Å². The lowest BCUT2D eigenvalue weighted by molar-refractivity contribution is 0.0886. The Morgan fingerprint density at radius 1 is 1.05 bits per heavy atom. The van der Waals surface area contributed by atoms with Gasteiger partial charge in [0.1, 0.15) is 0 Å². The van der Waals surface area contributed by atoms with Crippen molar-refractivity contribution in [2.45, 2.75) is 37.6 Å². The van der Waals surface area contributed by atoms with E-state index in [9.17, 15) is 4.79 Å². The Morgan fingerprint density at radius 2 is 1.76 bits per heavy atom. The molecule has 110 valence electrons. The highest BCUT2D eigenvalue weighted by atomic mass is 79.9. The molecule has 1 aliphatic rings. The van der Waals surface area contributed by atoms with Gasteiger partial charge in [0, 0.05) is 10.9 Å². The number of carbonyl (C=O) groups excluding carboxylic acids is 1. The normalized spacial score (nSPS) is 17.6. The first-order valence-electron chi connectivity index (χ1n) is 7.60. The van der Waals surface area contributed by atoms with Gasteiger partial charge in [-0.2, -0.15) is 0 Å². The second-order valence-electron chi connectivity index (χ2n) is 5.99. The molecule has 0 spiro atoms. The van der Waals surface area contributed by atoms with E-state index < -0.39 is 0 Å². The third-order valence-electron chi connectivity index (χ3n) is 4.46. The predicted molar refractivity (Wildman–Crippen MR) is 91.0 cm³/mol. The molecule has 1 N–H and O–H groups in total. The van der Waals surface area contributed by atoms with Gasteiger partial charge in [0.05, 0.1) is 5.54 Å². The summed E-state index contributed by atoms with van der Waals surface area (Å²) in [4.78, 5) is 12.6.